The molecule has 0 bridgehead atoms. The van der Waals surface area contributed by atoms with Gasteiger partial charge in [0, 0.05) is 26.8 Å². The van der Waals surface area contributed by atoms with Crippen LogP contribution >= 0.6 is 0 Å². The number of nitrogens with two attached hydrogens (primary N) is 1. The molecule has 1 aromatic carbocycles. The summed E-state index contributed by atoms with van der Waals surface area (Å²) in [7, 11) is -0.935. The number of benzene rings is 1. The summed E-state index contributed by atoms with van der Waals surface area (Å²) in [5.41, 5.74) is 4.91. The number of nitrogens with zero attached hydrogens (tertiary/aromatic N) is 1. The van der Waals surface area contributed by atoms with Gasteiger partial charge in [-0.3, -0.25) is 10.1 Å². The molecule has 118 valence electrons. The standard InChI is InChI=1S/C11H17N3O6S/c1-19-7-8(20-2)6-13-21(17,18)9-3-4-11(14(15)16)10(12)5-9/h3-5,8,13H,6-7,12H2,1-2H3. The molecule has 21 heavy (non-hydrogen) atoms. The Morgan fingerprint density at radius 2 is 2.10 bits per heavy atom. The summed E-state index contributed by atoms with van der Waals surface area (Å²) in [6.45, 7) is 0.227. The van der Waals surface area contributed by atoms with Gasteiger partial charge in [-0.25, -0.2) is 13.1 Å². The number of nitrogens with one attached hydrogen (secondary N) is 1. The number of nitro groups is 1. The molecule has 0 saturated heterocycles. The molecule has 0 aliphatic heterocycles. The molecular weight excluding hydrogens is 302 g/mol. The minimum atomic E-state index is -3.84. The molecular formula is C11H17N3O6S. The molecule has 0 aliphatic rings. The van der Waals surface area contributed by atoms with Crippen molar-refractivity contribution in [2.45, 2.75) is 11.0 Å². The van der Waals surface area contributed by atoms with Crippen LogP contribution in [0.5, 0.6) is 0 Å². The molecule has 0 aromatic heterocycles. The Labute approximate surface area is 122 Å². The van der Waals surface area contributed by atoms with Gasteiger partial charge >= 0.3 is 0 Å². The fourth-order valence-electron chi connectivity index (χ4n) is 1.55. The van der Waals surface area contributed by atoms with E-state index in [1.165, 1.54) is 14.2 Å². The normalized spacial score (nSPS) is 13.0. The average molecular weight is 319 g/mol. The molecule has 0 spiro atoms. The number of rotatable bonds is 8. The summed E-state index contributed by atoms with van der Waals surface area (Å²) in [5, 5.41) is 10.6. The van der Waals surface area contributed by atoms with E-state index in [1.54, 1.807) is 0 Å². The number of sulfonamides is 1. The van der Waals surface area contributed by atoms with Crippen molar-refractivity contribution in [2.75, 3.05) is 33.1 Å². The van der Waals surface area contributed by atoms with E-state index in [2.05, 4.69) is 4.72 Å². The van der Waals surface area contributed by atoms with E-state index in [1.807, 2.05) is 0 Å². The highest BCUT2D eigenvalue weighted by Gasteiger charge is 2.20. The highest BCUT2D eigenvalue weighted by molar-refractivity contribution is 7.89. The summed E-state index contributed by atoms with van der Waals surface area (Å²) in [5.74, 6) is 0. The second-order valence-corrected chi connectivity index (χ2v) is 5.91. The molecule has 0 amide bonds. The zero-order valence-electron chi connectivity index (χ0n) is 11.6. The predicted molar refractivity (Wildman–Crippen MR) is 75.4 cm³/mol. The van der Waals surface area contributed by atoms with E-state index in [0.29, 0.717) is 0 Å². The lowest BCUT2D eigenvalue weighted by Gasteiger charge is -2.15. The Morgan fingerprint density at radius 1 is 1.43 bits per heavy atom. The van der Waals surface area contributed by atoms with Gasteiger partial charge < -0.3 is 15.2 Å². The number of hydrogen-bond donors (Lipinski definition) is 2. The number of ether oxygens (including phenoxy) is 2. The number of nitrogen functional groups attached to an aromatic ring is 1. The van der Waals surface area contributed by atoms with Crippen LogP contribution in [0.2, 0.25) is 0 Å². The average Bonchev–Trinajstić information content (AvgIpc) is 2.42. The van der Waals surface area contributed by atoms with Crippen molar-refractivity contribution >= 4 is 21.4 Å². The lowest BCUT2D eigenvalue weighted by molar-refractivity contribution is -0.383. The molecule has 1 unspecified atom stereocenters. The van der Waals surface area contributed by atoms with Crippen LogP contribution in [-0.4, -0.2) is 46.8 Å². The van der Waals surface area contributed by atoms with E-state index < -0.39 is 21.1 Å². The van der Waals surface area contributed by atoms with E-state index in [4.69, 9.17) is 15.2 Å². The molecule has 9 nitrogen and oxygen atoms in total. The van der Waals surface area contributed by atoms with Gasteiger partial charge in [-0.15, -0.1) is 0 Å². The van der Waals surface area contributed by atoms with Crippen molar-refractivity contribution in [1.29, 1.82) is 0 Å². The zero-order chi connectivity index (χ0) is 16.0. The Bertz CT molecular complexity index is 604. The van der Waals surface area contributed by atoms with E-state index in [-0.39, 0.29) is 29.4 Å². The topological polar surface area (TPSA) is 134 Å². The van der Waals surface area contributed by atoms with Crippen LogP contribution in [0.25, 0.3) is 0 Å². The predicted octanol–water partition coefficient (Wildman–Crippen LogP) is 0.117. The van der Waals surface area contributed by atoms with Gasteiger partial charge in [0.1, 0.15) is 5.69 Å². The Hall–Kier alpha value is -1.75. The maximum atomic E-state index is 12.1. The van der Waals surface area contributed by atoms with Gasteiger partial charge in [0.2, 0.25) is 10.0 Å². The quantitative estimate of drug-likeness (QED) is 0.395. The maximum absolute atomic E-state index is 12.1. The third-order valence-electron chi connectivity index (χ3n) is 2.69. The van der Waals surface area contributed by atoms with Gasteiger partial charge in [0.05, 0.1) is 22.5 Å². The Balaban J connectivity index is 2.88. The minimum absolute atomic E-state index is 0.00354. The molecule has 1 rings (SSSR count). The van der Waals surface area contributed by atoms with E-state index in [0.717, 1.165) is 18.2 Å². The first-order chi connectivity index (χ1) is 9.81. The number of nitro benzene ring substituents is 1. The van der Waals surface area contributed by atoms with Crippen molar-refractivity contribution < 1.29 is 22.8 Å². The van der Waals surface area contributed by atoms with Gasteiger partial charge in [-0.1, -0.05) is 0 Å². The monoisotopic (exact) mass is 319 g/mol. The lowest BCUT2D eigenvalue weighted by atomic mass is 10.3. The molecule has 0 fully saturated rings. The van der Waals surface area contributed by atoms with Crippen LogP contribution in [0.4, 0.5) is 11.4 Å². The second-order valence-electron chi connectivity index (χ2n) is 4.14. The van der Waals surface area contributed by atoms with Crippen LogP contribution in [0, 0.1) is 10.1 Å². The molecule has 10 heteroatoms. The summed E-state index contributed by atoms with van der Waals surface area (Å²) in [6.07, 6.45) is -0.444. The summed E-state index contributed by atoms with van der Waals surface area (Å²) < 4.78 is 36.3. The Morgan fingerprint density at radius 3 is 2.57 bits per heavy atom. The number of anilines is 1. The smallest absolute Gasteiger partial charge is 0.292 e. The third kappa shape index (κ3) is 4.63. The van der Waals surface area contributed by atoms with Crippen LogP contribution < -0.4 is 10.5 Å². The molecule has 0 heterocycles. The summed E-state index contributed by atoms with van der Waals surface area (Å²) in [6, 6.07) is 3.21. The van der Waals surface area contributed by atoms with Gasteiger partial charge in [-0.05, 0) is 12.1 Å². The first kappa shape index (κ1) is 17.3. The Kier molecular flexibility index (Phi) is 6.03. The van der Waals surface area contributed by atoms with Crippen LogP contribution in [0.15, 0.2) is 23.1 Å². The van der Waals surface area contributed by atoms with Gasteiger partial charge in [0.25, 0.3) is 5.69 Å². The lowest BCUT2D eigenvalue weighted by Crippen LogP contribution is -2.35. The van der Waals surface area contributed by atoms with Crippen LogP contribution in [0.1, 0.15) is 0 Å². The molecule has 0 radical (unpaired) electrons. The first-order valence-corrected chi connectivity index (χ1v) is 7.35. The fourth-order valence-corrected chi connectivity index (χ4v) is 2.65. The molecule has 3 N–H and O–H groups in total. The third-order valence-corrected chi connectivity index (χ3v) is 4.11. The van der Waals surface area contributed by atoms with Crippen LogP contribution in [0.3, 0.4) is 0 Å². The van der Waals surface area contributed by atoms with Gasteiger partial charge in [0.15, 0.2) is 0 Å². The molecule has 0 saturated carbocycles. The van der Waals surface area contributed by atoms with Crippen LogP contribution in [-0.2, 0) is 19.5 Å². The highest BCUT2D eigenvalue weighted by atomic mass is 32.2. The maximum Gasteiger partial charge on any atom is 0.292 e. The number of hydrogen-bond acceptors (Lipinski definition) is 7. The SMILES string of the molecule is COCC(CNS(=O)(=O)c1ccc([N+](=O)[O-])c(N)c1)OC. The zero-order valence-corrected chi connectivity index (χ0v) is 12.4. The van der Waals surface area contributed by atoms with Crippen molar-refractivity contribution in [2.24, 2.45) is 0 Å². The van der Waals surface area contributed by atoms with Crippen molar-refractivity contribution in [3.05, 3.63) is 28.3 Å². The molecule has 0 aliphatic carbocycles. The highest BCUT2D eigenvalue weighted by Crippen LogP contribution is 2.24. The summed E-state index contributed by atoms with van der Waals surface area (Å²) >= 11 is 0. The van der Waals surface area contributed by atoms with Crippen molar-refractivity contribution in [3.8, 4) is 0 Å². The van der Waals surface area contributed by atoms with E-state index in [9.17, 15) is 18.5 Å². The second kappa shape index (κ2) is 7.31. The van der Waals surface area contributed by atoms with Crippen molar-refractivity contribution in [3.63, 3.8) is 0 Å². The molecule has 1 aromatic rings. The van der Waals surface area contributed by atoms with Gasteiger partial charge in [-0.2, -0.15) is 0 Å². The first-order valence-electron chi connectivity index (χ1n) is 5.87. The minimum Gasteiger partial charge on any atom is -0.393 e. The van der Waals surface area contributed by atoms with Crippen molar-refractivity contribution in [1.82, 2.24) is 4.72 Å². The fraction of sp³-hybridized carbons (Fsp3) is 0.455. The molecule has 1 atom stereocenters. The van der Waals surface area contributed by atoms with E-state index >= 15 is 0 Å². The largest absolute Gasteiger partial charge is 0.393 e. The summed E-state index contributed by atoms with van der Waals surface area (Å²) in [4.78, 5) is 9.80. The number of methoxy groups -OCH3 is 2.